The minimum Gasteiger partial charge on any atom is -0.324 e. The third kappa shape index (κ3) is 1.95. The molecule has 2 aliphatic rings. The number of carbonyl (C=O) groups excluding carboxylic acids is 2. The summed E-state index contributed by atoms with van der Waals surface area (Å²) in [5, 5.41) is 2.37. The predicted octanol–water partition coefficient (Wildman–Crippen LogP) is 0.478. The molecule has 100 valence electrons. The second-order valence-corrected chi connectivity index (χ2v) is 5.25. The maximum atomic E-state index is 11.8. The lowest BCUT2D eigenvalue weighted by molar-refractivity contribution is -0.141. The van der Waals surface area contributed by atoms with Crippen LogP contribution in [0.5, 0.6) is 0 Å². The fourth-order valence-electron chi connectivity index (χ4n) is 3.08. The zero-order valence-corrected chi connectivity index (χ0v) is 10.8. The first kappa shape index (κ1) is 12.3. The molecule has 1 heterocycles. The maximum Gasteiger partial charge on any atom is 0.243 e. The summed E-state index contributed by atoms with van der Waals surface area (Å²) in [5.74, 6) is -0.463. The van der Waals surface area contributed by atoms with Gasteiger partial charge >= 0.3 is 0 Å². The number of hydrogen-bond donors (Lipinski definition) is 2. The van der Waals surface area contributed by atoms with E-state index in [0.717, 1.165) is 17.5 Å². The lowest BCUT2D eigenvalue weighted by Gasteiger charge is -2.36. The summed E-state index contributed by atoms with van der Waals surface area (Å²) in [4.78, 5) is 25.3. The summed E-state index contributed by atoms with van der Waals surface area (Å²) in [6.45, 7) is 2.08. The highest BCUT2D eigenvalue weighted by molar-refractivity contribution is 6.00. The number of nitrogens with one attached hydrogen (secondary N) is 1. The molecule has 0 bridgehead atoms. The van der Waals surface area contributed by atoms with Crippen LogP contribution < -0.4 is 11.1 Å². The van der Waals surface area contributed by atoms with Gasteiger partial charge in [0.1, 0.15) is 0 Å². The van der Waals surface area contributed by atoms with E-state index in [9.17, 15) is 9.59 Å². The van der Waals surface area contributed by atoms with Crippen LogP contribution >= 0.6 is 0 Å². The second kappa shape index (κ2) is 4.43. The summed E-state index contributed by atoms with van der Waals surface area (Å²) in [5.41, 5.74) is 8.41. The van der Waals surface area contributed by atoms with Crippen molar-refractivity contribution in [1.29, 1.82) is 0 Å². The molecule has 0 spiro atoms. The molecule has 1 aromatic rings. The number of piperazine rings is 1. The van der Waals surface area contributed by atoms with Crippen molar-refractivity contribution in [3.63, 3.8) is 0 Å². The first-order chi connectivity index (χ1) is 9.08. The number of imide groups is 1. The van der Waals surface area contributed by atoms with Crippen LogP contribution in [0.15, 0.2) is 24.3 Å². The lowest BCUT2D eigenvalue weighted by Crippen LogP contribution is -2.57. The van der Waals surface area contributed by atoms with Crippen LogP contribution in [0.3, 0.4) is 0 Å². The van der Waals surface area contributed by atoms with Crippen molar-refractivity contribution in [2.75, 3.05) is 6.54 Å². The van der Waals surface area contributed by atoms with Gasteiger partial charge in [-0.15, -0.1) is 0 Å². The Morgan fingerprint density at radius 1 is 1.26 bits per heavy atom. The second-order valence-electron chi connectivity index (χ2n) is 5.25. The summed E-state index contributed by atoms with van der Waals surface area (Å²) in [6, 6.07) is 7.73. The number of benzene rings is 1. The lowest BCUT2D eigenvalue weighted by atomic mass is 10.0. The number of nitrogens with two attached hydrogens (primary N) is 1. The molecular weight excluding hydrogens is 242 g/mol. The average molecular weight is 259 g/mol. The fraction of sp³-hybridized carbons (Fsp3) is 0.429. The molecule has 19 heavy (non-hydrogen) atoms. The highest BCUT2D eigenvalue weighted by Gasteiger charge is 2.40. The van der Waals surface area contributed by atoms with Crippen molar-refractivity contribution in [2.24, 2.45) is 5.73 Å². The largest absolute Gasteiger partial charge is 0.324 e. The first-order valence-corrected chi connectivity index (χ1v) is 6.51. The van der Waals surface area contributed by atoms with E-state index in [1.165, 1.54) is 0 Å². The quantitative estimate of drug-likeness (QED) is 0.719. The third-order valence-corrected chi connectivity index (χ3v) is 4.10. The summed E-state index contributed by atoms with van der Waals surface area (Å²) >= 11 is 0. The number of hydrogen-bond acceptors (Lipinski definition) is 4. The van der Waals surface area contributed by atoms with E-state index >= 15 is 0 Å². The molecule has 1 aromatic carbocycles. The molecular formula is C14H17N3O2. The minimum absolute atomic E-state index is 0.0199. The number of amides is 2. The van der Waals surface area contributed by atoms with Crippen LogP contribution in [-0.4, -0.2) is 29.3 Å². The molecule has 3 N–H and O–H groups in total. The van der Waals surface area contributed by atoms with Gasteiger partial charge in [-0.2, -0.15) is 0 Å². The van der Waals surface area contributed by atoms with E-state index < -0.39 is 0 Å². The van der Waals surface area contributed by atoms with Gasteiger partial charge in [-0.05, 0) is 24.5 Å². The Balaban J connectivity index is 1.95. The van der Waals surface area contributed by atoms with Crippen LogP contribution in [0, 0.1) is 0 Å². The Morgan fingerprint density at radius 2 is 1.95 bits per heavy atom. The molecule has 3 atom stereocenters. The number of rotatable bonds is 1. The Hall–Kier alpha value is -1.72. The van der Waals surface area contributed by atoms with Gasteiger partial charge in [0.25, 0.3) is 0 Å². The zero-order valence-electron chi connectivity index (χ0n) is 10.8. The van der Waals surface area contributed by atoms with Crippen LogP contribution in [0.25, 0.3) is 0 Å². The van der Waals surface area contributed by atoms with E-state index in [1.807, 2.05) is 36.1 Å². The topological polar surface area (TPSA) is 75.4 Å². The van der Waals surface area contributed by atoms with E-state index in [4.69, 9.17) is 5.73 Å². The number of fused-ring (bicyclic) bond motifs is 1. The number of nitrogens with zero attached hydrogens (tertiary/aromatic N) is 1. The van der Waals surface area contributed by atoms with Crippen molar-refractivity contribution in [1.82, 2.24) is 10.2 Å². The van der Waals surface area contributed by atoms with E-state index in [0.29, 0.717) is 0 Å². The van der Waals surface area contributed by atoms with Gasteiger partial charge in [-0.25, -0.2) is 0 Å². The fourth-order valence-corrected chi connectivity index (χ4v) is 3.08. The van der Waals surface area contributed by atoms with E-state index in [2.05, 4.69) is 5.32 Å². The molecule has 0 radical (unpaired) electrons. The summed E-state index contributed by atoms with van der Waals surface area (Å²) in [6.07, 6.45) is 0.754. The molecule has 5 nitrogen and oxygen atoms in total. The maximum absolute atomic E-state index is 11.8. The minimum atomic E-state index is -0.305. The van der Waals surface area contributed by atoms with Crippen molar-refractivity contribution in [2.45, 2.75) is 31.5 Å². The highest BCUT2D eigenvalue weighted by atomic mass is 16.2. The normalized spacial score (nSPS) is 31.2. The van der Waals surface area contributed by atoms with Crippen LogP contribution in [0.2, 0.25) is 0 Å². The standard InChI is InChI=1S/C14H17N3O2/c1-8-14(19)16-13(18)7-17(8)12-6-11(15)9-4-2-3-5-10(9)12/h2-5,8,11-12H,6-7,15H2,1H3,(H,16,18,19). The highest BCUT2D eigenvalue weighted by Crippen LogP contribution is 2.41. The van der Waals surface area contributed by atoms with Gasteiger partial charge in [-0.3, -0.25) is 19.8 Å². The predicted molar refractivity (Wildman–Crippen MR) is 70.0 cm³/mol. The monoisotopic (exact) mass is 259 g/mol. The molecule has 1 aliphatic heterocycles. The molecule has 1 fully saturated rings. The van der Waals surface area contributed by atoms with Crippen LogP contribution in [0.4, 0.5) is 0 Å². The van der Waals surface area contributed by atoms with Gasteiger partial charge < -0.3 is 5.73 Å². The Bertz CT molecular complexity index is 543. The smallest absolute Gasteiger partial charge is 0.243 e. The molecule has 0 saturated carbocycles. The van der Waals surface area contributed by atoms with E-state index in [1.54, 1.807) is 0 Å². The number of carbonyl (C=O) groups is 2. The van der Waals surface area contributed by atoms with Crippen molar-refractivity contribution in [3.05, 3.63) is 35.4 Å². The van der Waals surface area contributed by atoms with Crippen molar-refractivity contribution < 1.29 is 9.59 Å². The van der Waals surface area contributed by atoms with Crippen molar-refractivity contribution in [3.8, 4) is 0 Å². The van der Waals surface area contributed by atoms with E-state index in [-0.39, 0.29) is 36.5 Å². The zero-order chi connectivity index (χ0) is 13.6. The Kier molecular flexibility index (Phi) is 2.88. The third-order valence-electron chi connectivity index (χ3n) is 4.10. The average Bonchev–Trinajstić information content (AvgIpc) is 2.72. The summed E-state index contributed by atoms with van der Waals surface area (Å²) < 4.78 is 0. The van der Waals surface area contributed by atoms with Crippen molar-refractivity contribution >= 4 is 11.8 Å². The molecule has 2 amide bonds. The van der Waals surface area contributed by atoms with Crippen LogP contribution in [-0.2, 0) is 9.59 Å². The Morgan fingerprint density at radius 3 is 2.68 bits per heavy atom. The summed E-state index contributed by atoms with van der Waals surface area (Å²) in [7, 11) is 0. The molecule has 1 saturated heterocycles. The molecule has 3 rings (SSSR count). The molecule has 5 heteroatoms. The SMILES string of the molecule is CC1C(=O)NC(=O)CN1C1CC(N)c2ccccc21. The molecule has 0 aromatic heterocycles. The Labute approximate surface area is 111 Å². The van der Waals surface area contributed by atoms with Crippen LogP contribution in [0.1, 0.15) is 36.6 Å². The first-order valence-electron chi connectivity index (χ1n) is 6.51. The van der Waals surface area contributed by atoms with Gasteiger partial charge in [0.2, 0.25) is 11.8 Å². The molecule has 3 unspecified atom stereocenters. The van der Waals surface area contributed by atoms with Gasteiger partial charge in [-0.1, -0.05) is 24.3 Å². The van der Waals surface area contributed by atoms with Gasteiger partial charge in [0, 0.05) is 12.1 Å². The van der Waals surface area contributed by atoms with Gasteiger partial charge in [0.15, 0.2) is 0 Å². The van der Waals surface area contributed by atoms with Gasteiger partial charge in [0.05, 0.1) is 12.6 Å². The molecule has 1 aliphatic carbocycles.